The molecule has 30 heavy (non-hydrogen) atoms. The summed E-state index contributed by atoms with van der Waals surface area (Å²) >= 11 is 7.67. The van der Waals surface area contributed by atoms with E-state index in [4.69, 9.17) is 16.3 Å². The van der Waals surface area contributed by atoms with Gasteiger partial charge in [-0.05, 0) is 31.2 Å². The average Bonchev–Trinajstić information content (AvgIpc) is 3.29. The Bertz CT molecular complexity index is 1250. The maximum Gasteiger partial charge on any atom is 0.261 e. The Morgan fingerprint density at radius 1 is 1.27 bits per heavy atom. The highest BCUT2D eigenvalue weighted by molar-refractivity contribution is 7.14. The van der Waals surface area contributed by atoms with Crippen LogP contribution in [0.15, 0.2) is 48.8 Å². The summed E-state index contributed by atoms with van der Waals surface area (Å²) in [5.41, 5.74) is 3.21. The molecule has 0 bridgehead atoms. The first-order valence-electron chi connectivity index (χ1n) is 9.43. The number of thiophene rings is 1. The van der Waals surface area contributed by atoms with Crippen molar-refractivity contribution in [3.05, 3.63) is 63.6 Å². The summed E-state index contributed by atoms with van der Waals surface area (Å²) in [6, 6.07) is 11.5. The van der Waals surface area contributed by atoms with Gasteiger partial charge in [0.15, 0.2) is 5.65 Å². The van der Waals surface area contributed by atoms with Gasteiger partial charge in [-0.3, -0.25) is 4.79 Å². The number of benzene rings is 1. The number of aromatic nitrogens is 3. The molecule has 4 heterocycles. The molecule has 1 aliphatic heterocycles. The number of hydrogen-bond donors (Lipinski definition) is 2. The maximum atomic E-state index is 12.5. The van der Waals surface area contributed by atoms with Crippen molar-refractivity contribution in [2.75, 3.05) is 18.5 Å². The largest absolute Gasteiger partial charge is 0.377 e. The molecule has 1 amide bonds. The van der Waals surface area contributed by atoms with E-state index in [1.807, 2.05) is 43.3 Å². The number of carbonyl (C=O) groups excluding carboxylic acids is 1. The number of nitrogens with one attached hydrogen (secondary N) is 2. The standard InChI is InChI=1S/C21H18ClN5O2S/c1-12-18(7-19(30-12)21(28)26-15-10-29-11-15)27-20-13(8-24-27)6-14(9-23-20)25-17-5-3-2-4-16(17)22/h2-9,15,25H,10-11H2,1H3,(H,26,28). The molecule has 0 aliphatic carbocycles. The van der Waals surface area contributed by atoms with Crippen molar-refractivity contribution in [1.29, 1.82) is 0 Å². The van der Waals surface area contributed by atoms with Crippen molar-refractivity contribution in [3.8, 4) is 5.69 Å². The monoisotopic (exact) mass is 439 g/mol. The van der Waals surface area contributed by atoms with Crippen molar-refractivity contribution >= 4 is 51.3 Å². The summed E-state index contributed by atoms with van der Waals surface area (Å²) < 4.78 is 6.88. The van der Waals surface area contributed by atoms with Gasteiger partial charge in [-0.15, -0.1) is 11.3 Å². The maximum absolute atomic E-state index is 12.5. The first-order valence-corrected chi connectivity index (χ1v) is 10.6. The van der Waals surface area contributed by atoms with Crippen LogP contribution >= 0.6 is 22.9 Å². The molecule has 0 radical (unpaired) electrons. The molecule has 5 rings (SSSR count). The molecule has 1 fully saturated rings. The highest BCUT2D eigenvalue weighted by atomic mass is 35.5. The molecule has 152 valence electrons. The third-order valence-electron chi connectivity index (χ3n) is 4.88. The summed E-state index contributed by atoms with van der Waals surface area (Å²) in [6.45, 7) is 3.12. The lowest BCUT2D eigenvalue weighted by atomic mass is 10.2. The number of fused-ring (bicyclic) bond motifs is 1. The molecule has 3 aromatic heterocycles. The van der Waals surface area contributed by atoms with Crippen molar-refractivity contribution in [1.82, 2.24) is 20.1 Å². The van der Waals surface area contributed by atoms with Gasteiger partial charge in [-0.2, -0.15) is 5.10 Å². The molecule has 2 N–H and O–H groups in total. The van der Waals surface area contributed by atoms with Crippen LogP contribution in [0.1, 0.15) is 14.5 Å². The quantitative estimate of drug-likeness (QED) is 0.484. The smallest absolute Gasteiger partial charge is 0.261 e. The number of aryl methyl sites for hydroxylation is 1. The van der Waals surface area contributed by atoms with Crippen LogP contribution in [0.3, 0.4) is 0 Å². The van der Waals surface area contributed by atoms with Gasteiger partial charge in [0.25, 0.3) is 5.91 Å². The van der Waals surface area contributed by atoms with E-state index in [9.17, 15) is 4.79 Å². The number of hydrogen-bond acceptors (Lipinski definition) is 6. The summed E-state index contributed by atoms with van der Waals surface area (Å²) in [5, 5.41) is 12.3. The number of pyridine rings is 1. The summed E-state index contributed by atoms with van der Waals surface area (Å²) in [7, 11) is 0. The molecular weight excluding hydrogens is 422 g/mol. The van der Waals surface area contributed by atoms with Gasteiger partial charge >= 0.3 is 0 Å². The van der Waals surface area contributed by atoms with E-state index >= 15 is 0 Å². The first-order chi connectivity index (χ1) is 14.6. The lowest BCUT2D eigenvalue weighted by molar-refractivity contribution is -0.00338. The summed E-state index contributed by atoms with van der Waals surface area (Å²) in [6.07, 6.45) is 3.51. The Morgan fingerprint density at radius 3 is 2.87 bits per heavy atom. The number of nitrogens with zero attached hydrogens (tertiary/aromatic N) is 3. The minimum absolute atomic E-state index is 0.0849. The van der Waals surface area contributed by atoms with Crippen LogP contribution in [0.5, 0.6) is 0 Å². The van der Waals surface area contributed by atoms with Crippen LogP contribution in [-0.4, -0.2) is 39.9 Å². The van der Waals surface area contributed by atoms with Crippen LogP contribution < -0.4 is 10.6 Å². The van der Waals surface area contributed by atoms with E-state index in [0.717, 1.165) is 33.0 Å². The van der Waals surface area contributed by atoms with Crippen molar-refractivity contribution < 1.29 is 9.53 Å². The minimum atomic E-state index is -0.0849. The van der Waals surface area contributed by atoms with Gasteiger partial charge in [0.2, 0.25) is 0 Å². The van der Waals surface area contributed by atoms with Crippen LogP contribution in [0, 0.1) is 6.92 Å². The Balaban J connectivity index is 1.42. The fourth-order valence-corrected chi connectivity index (χ4v) is 4.34. The molecule has 0 atom stereocenters. The summed E-state index contributed by atoms with van der Waals surface area (Å²) in [5.74, 6) is -0.0849. The van der Waals surface area contributed by atoms with E-state index in [1.165, 1.54) is 11.3 Å². The Hall–Kier alpha value is -2.94. The topological polar surface area (TPSA) is 81.1 Å². The Labute approximate surface area is 181 Å². The second-order valence-corrected chi connectivity index (χ2v) is 8.72. The van der Waals surface area contributed by atoms with Gasteiger partial charge in [0, 0.05) is 10.3 Å². The third kappa shape index (κ3) is 3.54. The second-order valence-electron chi connectivity index (χ2n) is 7.06. The molecule has 1 aliphatic rings. The molecule has 9 heteroatoms. The molecule has 0 saturated carbocycles. The SMILES string of the molecule is Cc1sc(C(=O)NC2COC2)cc1-n1ncc2cc(Nc3ccccc3Cl)cnc21. The Morgan fingerprint density at radius 2 is 2.10 bits per heavy atom. The predicted molar refractivity (Wildman–Crippen MR) is 118 cm³/mol. The molecule has 1 aromatic carbocycles. The van der Waals surface area contributed by atoms with Gasteiger partial charge in [0.1, 0.15) is 0 Å². The number of rotatable bonds is 5. The fourth-order valence-electron chi connectivity index (χ4n) is 3.25. The minimum Gasteiger partial charge on any atom is -0.377 e. The third-order valence-corrected chi connectivity index (χ3v) is 6.25. The lowest BCUT2D eigenvalue weighted by Crippen LogP contribution is -2.48. The Kier molecular flexibility index (Phi) is 4.90. The predicted octanol–water partition coefficient (Wildman–Crippen LogP) is 4.32. The molecular formula is C21H18ClN5O2S. The highest BCUT2D eigenvalue weighted by Gasteiger charge is 2.23. The van der Waals surface area contributed by atoms with Crippen molar-refractivity contribution in [3.63, 3.8) is 0 Å². The highest BCUT2D eigenvalue weighted by Crippen LogP contribution is 2.29. The average molecular weight is 440 g/mol. The molecule has 0 spiro atoms. The van der Waals surface area contributed by atoms with E-state index in [-0.39, 0.29) is 11.9 Å². The molecule has 7 nitrogen and oxygen atoms in total. The molecule has 4 aromatic rings. The fraction of sp³-hybridized carbons (Fsp3) is 0.190. The zero-order valence-corrected chi connectivity index (χ0v) is 17.6. The second kappa shape index (κ2) is 7.71. The number of amides is 1. The van der Waals surface area contributed by atoms with E-state index in [0.29, 0.717) is 23.1 Å². The number of ether oxygens (including phenoxy) is 1. The van der Waals surface area contributed by atoms with E-state index < -0.39 is 0 Å². The normalized spacial score (nSPS) is 13.9. The van der Waals surface area contributed by atoms with Crippen molar-refractivity contribution in [2.24, 2.45) is 0 Å². The number of para-hydroxylation sites is 1. The summed E-state index contributed by atoms with van der Waals surface area (Å²) in [4.78, 5) is 18.7. The number of halogens is 1. The molecule has 1 saturated heterocycles. The molecule has 0 unspecified atom stereocenters. The van der Waals surface area contributed by atoms with Crippen LogP contribution in [0.25, 0.3) is 16.7 Å². The zero-order valence-electron chi connectivity index (χ0n) is 16.1. The zero-order chi connectivity index (χ0) is 20.7. The van der Waals surface area contributed by atoms with E-state index in [1.54, 1.807) is 17.1 Å². The first kappa shape index (κ1) is 19.0. The number of anilines is 2. The van der Waals surface area contributed by atoms with Gasteiger partial charge < -0.3 is 15.4 Å². The van der Waals surface area contributed by atoms with Crippen LogP contribution in [-0.2, 0) is 4.74 Å². The van der Waals surface area contributed by atoms with Gasteiger partial charge in [-0.1, -0.05) is 23.7 Å². The lowest BCUT2D eigenvalue weighted by Gasteiger charge is -2.26. The van der Waals surface area contributed by atoms with E-state index in [2.05, 4.69) is 20.7 Å². The number of carbonyl (C=O) groups is 1. The van der Waals surface area contributed by atoms with Gasteiger partial charge in [0.05, 0.1) is 58.6 Å². The van der Waals surface area contributed by atoms with Crippen LogP contribution in [0.2, 0.25) is 5.02 Å². The van der Waals surface area contributed by atoms with Crippen LogP contribution in [0.4, 0.5) is 11.4 Å². The van der Waals surface area contributed by atoms with Gasteiger partial charge in [-0.25, -0.2) is 9.67 Å². The van der Waals surface area contributed by atoms with Crippen molar-refractivity contribution in [2.45, 2.75) is 13.0 Å².